The molecule has 0 spiro atoms. The first-order valence-electron chi connectivity index (χ1n) is 6.44. The third-order valence-electron chi connectivity index (χ3n) is 2.64. The van der Waals surface area contributed by atoms with Gasteiger partial charge in [-0.25, -0.2) is 4.39 Å². The van der Waals surface area contributed by atoms with Crippen molar-refractivity contribution in [3.63, 3.8) is 0 Å². The summed E-state index contributed by atoms with van der Waals surface area (Å²) in [5, 5.41) is 3.30. The van der Waals surface area contributed by atoms with Gasteiger partial charge in [-0.05, 0) is 49.4 Å². The van der Waals surface area contributed by atoms with Crippen LogP contribution in [0.25, 0.3) is 0 Å². The van der Waals surface area contributed by atoms with Gasteiger partial charge in [-0.1, -0.05) is 6.92 Å². The van der Waals surface area contributed by atoms with Crippen LogP contribution in [0.3, 0.4) is 0 Å². The Bertz CT molecular complexity index is 495. The Morgan fingerprint density at radius 3 is 2.58 bits per heavy atom. The Labute approximate surface area is 117 Å². The van der Waals surface area contributed by atoms with E-state index in [0.29, 0.717) is 0 Å². The van der Waals surface area contributed by atoms with Gasteiger partial charge in [0.2, 0.25) is 0 Å². The van der Waals surface area contributed by atoms with Crippen LogP contribution >= 0.6 is 11.8 Å². The van der Waals surface area contributed by atoms with E-state index in [1.807, 2.05) is 12.1 Å². The highest BCUT2D eigenvalue weighted by molar-refractivity contribution is 7.98. The molecule has 1 aromatic heterocycles. The van der Waals surface area contributed by atoms with Crippen molar-refractivity contribution in [2.45, 2.75) is 30.5 Å². The van der Waals surface area contributed by atoms with Crippen molar-refractivity contribution in [3.05, 3.63) is 53.7 Å². The zero-order valence-corrected chi connectivity index (χ0v) is 11.8. The number of thioether (sulfide) groups is 1. The first kappa shape index (κ1) is 14.2. The summed E-state index contributed by atoms with van der Waals surface area (Å²) in [5.74, 6) is 2.47. The lowest BCUT2D eigenvalue weighted by Crippen LogP contribution is -2.12. The molecule has 2 aromatic rings. The smallest absolute Gasteiger partial charge is 0.123 e. The molecule has 1 aromatic carbocycles. The van der Waals surface area contributed by atoms with Crippen LogP contribution in [0.1, 0.15) is 24.9 Å². The molecular weight excluding hydrogens is 261 g/mol. The maximum atomic E-state index is 12.8. The van der Waals surface area contributed by atoms with Gasteiger partial charge in [-0.3, -0.25) is 0 Å². The Morgan fingerprint density at radius 1 is 1.11 bits per heavy atom. The van der Waals surface area contributed by atoms with Crippen LogP contribution in [-0.4, -0.2) is 6.54 Å². The second-order valence-corrected chi connectivity index (χ2v) is 5.34. The van der Waals surface area contributed by atoms with Crippen molar-refractivity contribution in [2.75, 3.05) is 6.54 Å². The minimum atomic E-state index is -0.202. The van der Waals surface area contributed by atoms with Crippen LogP contribution in [-0.2, 0) is 12.3 Å². The topological polar surface area (TPSA) is 25.2 Å². The number of hydrogen-bond donors (Lipinski definition) is 1. The number of halogens is 1. The predicted molar refractivity (Wildman–Crippen MR) is 76.7 cm³/mol. The van der Waals surface area contributed by atoms with Crippen LogP contribution < -0.4 is 5.32 Å². The molecule has 0 bridgehead atoms. The summed E-state index contributed by atoms with van der Waals surface area (Å²) in [6, 6.07) is 10.5. The zero-order chi connectivity index (χ0) is 13.5. The van der Waals surface area contributed by atoms with Gasteiger partial charge in [-0.15, -0.1) is 11.8 Å². The number of rotatable bonds is 7. The van der Waals surface area contributed by atoms with Gasteiger partial charge in [0, 0.05) is 4.90 Å². The van der Waals surface area contributed by atoms with E-state index in [2.05, 4.69) is 12.2 Å². The quantitative estimate of drug-likeness (QED) is 0.607. The number of benzene rings is 1. The van der Waals surface area contributed by atoms with Gasteiger partial charge < -0.3 is 9.73 Å². The first-order valence-corrected chi connectivity index (χ1v) is 7.43. The lowest BCUT2D eigenvalue weighted by molar-refractivity contribution is 0.459. The zero-order valence-electron chi connectivity index (χ0n) is 11.0. The van der Waals surface area contributed by atoms with E-state index in [1.54, 1.807) is 23.9 Å². The van der Waals surface area contributed by atoms with Gasteiger partial charge in [0.05, 0.1) is 12.3 Å². The molecule has 0 saturated carbocycles. The molecule has 0 fully saturated rings. The molecule has 0 atom stereocenters. The molecule has 0 unspecified atom stereocenters. The average Bonchev–Trinajstić information content (AvgIpc) is 2.86. The Kier molecular flexibility index (Phi) is 5.48. The molecule has 0 aliphatic heterocycles. The second-order valence-electron chi connectivity index (χ2n) is 4.29. The van der Waals surface area contributed by atoms with Crippen molar-refractivity contribution in [2.24, 2.45) is 0 Å². The van der Waals surface area contributed by atoms with Gasteiger partial charge >= 0.3 is 0 Å². The van der Waals surface area contributed by atoms with E-state index in [-0.39, 0.29) is 5.82 Å². The minimum absolute atomic E-state index is 0.202. The molecule has 0 aliphatic carbocycles. The number of furan rings is 1. The normalized spacial score (nSPS) is 10.8. The summed E-state index contributed by atoms with van der Waals surface area (Å²) in [5.41, 5.74) is 0. The molecule has 102 valence electrons. The number of hydrogen-bond acceptors (Lipinski definition) is 3. The molecule has 4 heteroatoms. The third-order valence-corrected chi connectivity index (χ3v) is 3.67. The molecule has 0 saturated heterocycles. The maximum absolute atomic E-state index is 12.8. The van der Waals surface area contributed by atoms with Crippen molar-refractivity contribution < 1.29 is 8.81 Å². The minimum Gasteiger partial charge on any atom is -0.464 e. The largest absolute Gasteiger partial charge is 0.464 e. The fraction of sp³-hybridized carbons (Fsp3) is 0.333. The highest BCUT2D eigenvalue weighted by Gasteiger charge is 2.03. The van der Waals surface area contributed by atoms with E-state index in [4.69, 9.17) is 4.42 Å². The standard InChI is InChI=1S/C15H18FNOS/c1-2-9-17-10-13-5-6-14(18-13)11-19-15-7-3-12(16)4-8-15/h3-8,17H,2,9-11H2,1H3. The van der Waals surface area contributed by atoms with Crippen LogP contribution in [0.5, 0.6) is 0 Å². The average molecular weight is 279 g/mol. The van der Waals surface area contributed by atoms with E-state index in [1.165, 1.54) is 12.1 Å². The Balaban J connectivity index is 1.81. The second kappa shape index (κ2) is 7.36. The summed E-state index contributed by atoms with van der Waals surface area (Å²) in [6.45, 7) is 3.91. The van der Waals surface area contributed by atoms with Gasteiger partial charge in [0.15, 0.2) is 0 Å². The molecule has 1 N–H and O–H groups in total. The maximum Gasteiger partial charge on any atom is 0.123 e. The molecule has 19 heavy (non-hydrogen) atoms. The monoisotopic (exact) mass is 279 g/mol. The van der Waals surface area contributed by atoms with Gasteiger partial charge in [0.1, 0.15) is 17.3 Å². The summed E-state index contributed by atoms with van der Waals surface area (Å²) in [7, 11) is 0. The fourth-order valence-corrected chi connectivity index (χ4v) is 2.46. The van der Waals surface area contributed by atoms with E-state index < -0.39 is 0 Å². The lowest BCUT2D eigenvalue weighted by atomic mass is 10.4. The molecule has 0 aliphatic rings. The third kappa shape index (κ3) is 4.73. The van der Waals surface area contributed by atoms with Crippen molar-refractivity contribution in [1.82, 2.24) is 5.32 Å². The number of nitrogens with one attached hydrogen (secondary N) is 1. The lowest BCUT2D eigenvalue weighted by Gasteiger charge is -2.00. The highest BCUT2D eigenvalue weighted by Crippen LogP contribution is 2.23. The molecule has 2 rings (SSSR count). The molecule has 2 nitrogen and oxygen atoms in total. The predicted octanol–water partition coefficient (Wildman–Crippen LogP) is 4.21. The Morgan fingerprint density at radius 2 is 1.84 bits per heavy atom. The Hall–Kier alpha value is -1.26. The summed E-state index contributed by atoms with van der Waals surface area (Å²) in [4.78, 5) is 1.04. The van der Waals surface area contributed by atoms with Crippen LogP contribution in [0.15, 0.2) is 45.7 Å². The van der Waals surface area contributed by atoms with Crippen molar-refractivity contribution >= 4 is 11.8 Å². The highest BCUT2D eigenvalue weighted by atomic mass is 32.2. The molecular formula is C15H18FNOS. The molecule has 0 radical (unpaired) electrons. The SMILES string of the molecule is CCCNCc1ccc(CSc2ccc(F)cc2)o1. The molecule has 0 amide bonds. The molecule has 1 heterocycles. The summed E-state index contributed by atoms with van der Waals surface area (Å²) in [6.07, 6.45) is 1.12. The first-order chi connectivity index (χ1) is 9.28. The van der Waals surface area contributed by atoms with Crippen LogP contribution in [0.4, 0.5) is 4.39 Å². The summed E-state index contributed by atoms with van der Waals surface area (Å²) < 4.78 is 18.5. The fourth-order valence-electron chi connectivity index (χ4n) is 1.67. The van der Waals surface area contributed by atoms with Crippen LogP contribution in [0.2, 0.25) is 0 Å². The van der Waals surface area contributed by atoms with Gasteiger partial charge in [-0.2, -0.15) is 0 Å². The van der Waals surface area contributed by atoms with Gasteiger partial charge in [0.25, 0.3) is 0 Å². The van der Waals surface area contributed by atoms with Crippen molar-refractivity contribution in [1.29, 1.82) is 0 Å². The van der Waals surface area contributed by atoms with Crippen molar-refractivity contribution in [3.8, 4) is 0 Å². The van der Waals surface area contributed by atoms with E-state index in [9.17, 15) is 4.39 Å². The van der Waals surface area contributed by atoms with E-state index in [0.717, 1.165) is 41.7 Å². The van der Waals surface area contributed by atoms with E-state index >= 15 is 0 Å². The summed E-state index contributed by atoms with van der Waals surface area (Å²) >= 11 is 1.64. The van der Waals surface area contributed by atoms with Crippen LogP contribution in [0, 0.1) is 5.82 Å².